The van der Waals surface area contributed by atoms with Gasteiger partial charge in [-0.05, 0) is 12.1 Å². The predicted molar refractivity (Wildman–Crippen MR) is 83.3 cm³/mol. The molecule has 1 aromatic rings. The average molecular weight is 322 g/mol. The third-order valence-electron chi connectivity index (χ3n) is 3.61. The van der Waals surface area contributed by atoms with Crippen molar-refractivity contribution in [3.8, 4) is 5.75 Å². The third-order valence-corrected chi connectivity index (χ3v) is 3.61. The number of piperazine rings is 1. The summed E-state index contributed by atoms with van der Waals surface area (Å²) in [7, 11) is 0. The zero-order chi connectivity index (χ0) is 16.7. The molecule has 1 fully saturated rings. The number of amides is 2. The first-order chi connectivity index (χ1) is 11.1. The van der Waals surface area contributed by atoms with Crippen molar-refractivity contribution in [1.29, 1.82) is 0 Å². The van der Waals surface area contributed by atoms with Crippen molar-refractivity contribution in [3.63, 3.8) is 0 Å². The topological polar surface area (TPSA) is 117 Å². The summed E-state index contributed by atoms with van der Waals surface area (Å²) in [6.07, 6.45) is -0.821. The van der Waals surface area contributed by atoms with E-state index in [0.29, 0.717) is 18.8 Å². The Kier molecular flexibility index (Phi) is 6.33. The number of β-amino-alcohol motifs (C(OH)–C–C–N with tert-alkyl or cyclic N) is 1. The summed E-state index contributed by atoms with van der Waals surface area (Å²) < 4.78 is 5.50. The van der Waals surface area contributed by atoms with Crippen molar-refractivity contribution in [3.05, 3.63) is 30.3 Å². The van der Waals surface area contributed by atoms with E-state index >= 15 is 0 Å². The number of nitrogens with one attached hydrogen (secondary N) is 2. The molecule has 1 aliphatic rings. The fraction of sp³-hybridized carbons (Fsp3) is 0.467. The van der Waals surface area contributed by atoms with Crippen LogP contribution >= 0.6 is 0 Å². The van der Waals surface area contributed by atoms with E-state index in [1.54, 1.807) is 17.0 Å². The Morgan fingerprint density at radius 3 is 2.91 bits per heavy atom. The summed E-state index contributed by atoms with van der Waals surface area (Å²) in [5.74, 6) is 5.08. The third kappa shape index (κ3) is 5.20. The van der Waals surface area contributed by atoms with Crippen molar-refractivity contribution in [2.24, 2.45) is 5.84 Å². The number of nitrogens with zero attached hydrogens (tertiary/aromatic N) is 1. The van der Waals surface area contributed by atoms with Gasteiger partial charge >= 0.3 is 0 Å². The van der Waals surface area contributed by atoms with E-state index in [1.807, 2.05) is 23.6 Å². The SMILES string of the molecule is NNC(=O)CC1C(=O)NCCN1CC(O)COc1ccccc1. The maximum absolute atomic E-state index is 11.9. The molecule has 0 radical (unpaired) electrons. The summed E-state index contributed by atoms with van der Waals surface area (Å²) in [5.41, 5.74) is 2.02. The van der Waals surface area contributed by atoms with E-state index in [9.17, 15) is 14.7 Å². The van der Waals surface area contributed by atoms with Crippen LogP contribution in [0.5, 0.6) is 5.75 Å². The van der Waals surface area contributed by atoms with Gasteiger partial charge in [-0.25, -0.2) is 5.84 Å². The van der Waals surface area contributed by atoms with E-state index < -0.39 is 18.1 Å². The fourth-order valence-electron chi connectivity index (χ4n) is 2.47. The maximum atomic E-state index is 11.9. The molecule has 1 aromatic carbocycles. The number of nitrogens with two attached hydrogens (primary N) is 1. The van der Waals surface area contributed by atoms with Gasteiger partial charge in [0.2, 0.25) is 11.8 Å². The van der Waals surface area contributed by atoms with Crippen LogP contribution in [0.25, 0.3) is 0 Å². The van der Waals surface area contributed by atoms with Crippen LogP contribution in [0.2, 0.25) is 0 Å². The van der Waals surface area contributed by atoms with Crippen LogP contribution in [0, 0.1) is 0 Å². The van der Waals surface area contributed by atoms with Crippen molar-refractivity contribution < 1.29 is 19.4 Å². The zero-order valence-corrected chi connectivity index (χ0v) is 12.8. The second kappa shape index (κ2) is 8.47. The quantitative estimate of drug-likeness (QED) is 0.279. The number of benzene rings is 1. The molecule has 0 spiro atoms. The molecule has 8 heteroatoms. The van der Waals surface area contributed by atoms with Crippen molar-refractivity contribution in [1.82, 2.24) is 15.6 Å². The lowest BCUT2D eigenvalue weighted by Gasteiger charge is -2.35. The number of hydrogen-bond donors (Lipinski definition) is 4. The highest BCUT2D eigenvalue weighted by molar-refractivity contribution is 5.88. The van der Waals surface area contributed by atoms with Gasteiger partial charge in [-0.3, -0.25) is 19.9 Å². The van der Waals surface area contributed by atoms with Gasteiger partial charge in [0.25, 0.3) is 0 Å². The van der Waals surface area contributed by atoms with Gasteiger partial charge in [0, 0.05) is 19.6 Å². The molecule has 2 amide bonds. The van der Waals surface area contributed by atoms with Gasteiger partial charge in [0.1, 0.15) is 18.5 Å². The Balaban J connectivity index is 1.87. The van der Waals surface area contributed by atoms with Crippen LogP contribution in [0.3, 0.4) is 0 Å². The van der Waals surface area contributed by atoms with E-state index in [4.69, 9.17) is 10.6 Å². The molecule has 8 nitrogen and oxygen atoms in total. The second-order valence-electron chi connectivity index (χ2n) is 5.35. The molecular formula is C15H22N4O4. The van der Waals surface area contributed by atoms with E-state index in [1.165, 1.54) is 0 Å². The van der Waals surface area contributed by atoms with E-state index in [-0.39, 0.29) is 25.5 Å². The van der Waals surface area contributed by atoms with Crippen LogP contribution in [-0.2, 0) is 9.59 Å². The first kappa shape index (κ1) is 17.2. The Morgan fingerprint density at radius 2 is 2.22 bits per heavy atom. The van der Waals surface area contributed by atoms with Crippen molar-refractivity contribution in [2.45, 2.75) is 18.6 Å². The van der Waals surface area contributed by atoms with Gasteiger partial charge in [-0.15, -0.1) is 0 Å². The number of hydrogen-bond acceptors (Lipinski definition) is 6. The zero-order valence-electron chi connectivity index (χ0n) is 12.8. The monoisotopic (exact) mass is 322 g/mol. The predicted octanol–water partition coefficient (Wildman–Crippen LogP) is -1.39. The number of hydrazine groups is 1. The number of para-hydroxylation sites is 1. The van der Waals surface area contributed by atoms with Crippen molar-refractivity contribution >= 4 is 11.8 Å². The minimum Gasteiger partial charge on any atom is -0.491 e. The average Bonchev–Trinajstić information content (AvgIpc) is 2.57. The minimum absolute atomic E-state index is 0.0470. The molecule has 5 N–H and O–H groups in total. The number of carbonyl (C=O) groups excluding carboxylic acids is 2. The molecule has 0 aliphatic carbocycles. The normalized spacial score (nSPS) is 19.7. The lowest BCUT2D eigenvalue weighted by molar-refractivity contribution is -0.134. The maximum Gasteiger partial charge on any atom is 0.237 e. The Labute approximate surface area is 134 Å². The van der Waals surface area contributed by atoms with Gasteiger partial charge in [-0.1, -0.05) is 18.2 Å². The molecule has 0 aromatic heterocycles. The van der Waals surface area contributed by atoms with Gasteiger partial charge in [0.05, 0.1) is 12.5 Å². The smallest absolute Gasteiger partial charge is 0.237 e. The summed E-state index contributed by atoms with van der Waals surface area (Å²) in [6, 6.07) is 8.53. The number of aliphatic hydroxyl groups excluding tert-OH is 1. The molecule has 23 heavy (non-hydrogen) atoms. The highest BCUT2D eigenvalue weighted by atomic mass is 16.5. The molecule has 1 heterocycles. The molecule has 0 saturated carbocycles. The van der Waals surface area contributed by atoms with E-state index in [0.717, 1.165) is 0 Å². The summed E-state index contributed by atoms with van der Waals surface area (Å²) in [4.78, 5) is 25.1. The molecule has 1 aliphatic heterocycles. The van der Waals surface area contributed by atoms with Crippen LogP contribution in [-0.4, -0.2) is 60.2 Å². The number of ether oxygens (including phenoxy) is 1. The molecule has 0 bridgehead atoms. The van der Waals surface area contributed by atoms with Gasteiger partial charge in [0.15, 0.2) is 0 Å². The van der Waals surface area contributed by atoms with Gasteiger partial charge in [-0.2, -0.15) is 0 Å². The number of rotatable bonds is 7. The minimum atomic E-state index is -0.774. The Morgan fingerprint density at radius 1 is 1.48 bits per heavy atom. The van der Waals surface area contributed by atoms with Crippen LogP contribution in [0.1, 0.15) is 6.42 Å². The molecule has 1 saturated heterocycles. The lowest BCUT2D eigenvalue weighted by Crippen LogP contribution is -2.58. The first-order valence-corrected chi connectivity index (χ1v) is 7.47. The van der Waals surface area contributed by atoms with Crippen molar-refractivity contribution in [2.75, 3.05) is 26.2 Å². The molecule has 2 atom stereocenters. The van der Waals surface area contributed by atoms with Crippen LogP contribution < -0.4 is 21.3 Å². The Bertz CT molecular complexity index is 525. The number of aliphatic hydroxyl groups is 1. The standard InChI is InChI=1S/C15H22N4O4/c16-18-14(21)8-13-15(22)17-6-7-19(13)9-11(20)10-23-12-4-2-1-3-5-12/h1-5,11,13,20H,6-10,16H2,(H,17,22)(H,18,21). The first-order valence-electron chi connectivity index (χ1n) is 7.47. The molecule has 2 rings (SSSR count). The highest BCUT2D eigenvalue weighted by Crippen LogP contribution is 2.12. The fourth-order valence-corrected chi connectivity index (χ4v) is 2.47. The summed E-state index contributed by atoms with van der Waals surface area (Å²) >= 11 is 0. The van der Waals surface area contributed by atoms with Crippen LogP contribution in [0.15, 0.2) is 30.3 Å². The van der Waals surface area contributed by atoms with Gasteiger partial charge < -0.3 is 15.2 Å². The molecular weight excluding hydrogens is 300 g/mol. The second-order valence-corrected chi connectivity index (χ2v) is 5.35. The number of carbonyl (C=O) groups is 2. The molecule has 126 valence electrons. The van der Waals surface area contributed by atoms with E-state index in [2.05, 4.69) is 5.32 Å². The summed E-state index contributed by atoms with van der Waals surface area (Å²) in [5, 5.41) is 12.8. The largest absolute Gasteiger partial charge is 0.491 e. The van der Waals surface area contributed by atoms with Crippen LogP contribution in [0.4, 0.5) is 0 Å². The summed E-state index contributed by atoms with van der Waals surface area (Å²) in [6.45, 7) is 1.38. The lowest BCUT2D eigenvalue weighted by atomic mass is 10.1. The Hall–Kier alpha value is -2.16. The molecule has 2 unspecified atom stereocenters. The highest BCUT2D eigenvalue weighted by Gasteiger charge is 2.32.